The Balaban J connectivity index is 2.11. The molecule has 0 atom stereocenters. The van der Waals surface area contributed by atoms with Gasteiger partial charge in [0.25, 0.3) is 10.0 Å². The molecule has 8 heteroatoms. The number of sulfonamides is 1. The van der Waals surface area contributed by atoms with E-state index < -0.39 is 10.0 Å². The van der Waals surface area contributed by atoms with Crippen molar-refractivity contribution < 1.29 is 17.9 Å². The van der Waals surface area contributed by atoms with E-state index in [2.05, 4.69) is 4.37 Å². The molecule has 0 bridgehead atoms. The lowest BCUT2D eigenvalue weighted by molar-refractivity contribution is 0.0981. The highest BCUT2D eigenvalue weighted by Crippen LogP contribution is 2.35. The molecular formula is C14H14N2O4S2. The molecule has 116 valence electrons. The maximum Gasteiger partial charge on any atom is 0.275 e. The Morgan fingerprint density at radius 1 is 1.32 bits per heavy atom. The number of hydrogen-bond acceptors (Lipinski definition) is 6. The molecule has 0 radical (unpaired) electrons. The lowest BCUT2D eigenvalue weighted by Crippen LogP contribution is -2.37. The minimum Gasteiger partial charge on any atom is -0.497 e. The number of hydrogen-bond donors (Lipinski definition) is 0. The number of carbonyl (C=O) groups excluding carboxylic acids is 1. The fourth-order valence-corrected chi connectivity index (χ4v) is 4.92. The molecule has 3 rings (SSSR count). The van der Waals surface area contributed by atoms with E-state index >= 15 is 0 Å². The third kappa shape index (κ3) is 2.38. The molecule has 0 amide bonds. The number of ketones is 1. The Morgan fingerprint density at radius 2 is 2.09 bits per heavy atom. The zero-order valence-electron chi connectivity index (χ0n) is 12.1. The summed E-state index contributed by atoms with van der Waals surface area (Å²) in [5.74, 6) is 0.445. The first-order chi connectivity index (χ1) is 10.4. The van der Waals surface area contributed by atoms with E-state index in [1.165, 1.54) is 11.4 Å². The smallest absolute Gasteiger partial charge is 0.275 e. The lowest BCUT2D eigenvalue weighted by Gasteiger charge is -2.29. The van der Waals surface area contributed by atoms with E-state index in [1.807, 2.05) is 0 Å². The maximum atomic E-state index is 12.8. The summed E-state index contributed by atoms with van der Waals surface area (Å²) in [7, 11) is -2.20. The van der Waals surface area contributed by atoms with Gasteiger partial charge in [0.1, 0.15) is 5.75 Å². The zero-order valence-corrected chi connectivity index (χ0v) is 13.7. The molecule has 2 aromatic rings. The second-order valence-electron chi connectivity index (χ2n) is 4.92. The highest BCUT2D eigenvalue weighted by molar-refractivity contribution is 7.94. The predicted molar refractivity (Wildman–Crippen MR) is 83.3 cm³/mol. The van der Waals surface area contributed by atoms with E-state index in [1.54, 1.807) is 31.2 Å². The molecule has 0 aliphatic carbocycles. The van der Waals surface area contributed by atoms with Gasteiger partial charge in [-0.15, -0.1) is 0 Å². The van der Waals surface area contributed by atoms with Crippen molar-refractivity contribution >= 4 is 33.0 Å². The van der Waals surface area contributed by atoms with Crippen molar-refractivity contribution in [1.29, 1.82) is 0 Å². The standard InChI is InChI=1S/C14H14N2O4S2/c1-9-7-14(21-15-9)22(18,19)16-6-5-13(17)11-8-10(20-2)3-4-12(11)16/h3-4,7-8H,5-6H2,1-2H3. The monoisotopic (exact) mass is 338 g/mol. The van der Waals surface area contributed by atoms with Crippen LogP contribution >= 0.6 is 11.5 Å². The number of aryl methyl sites for hydroxylation is 1. The van der Waals surface area contributed by atoms with Gasteiger partial charge in [-0.2, -0.15) is 4.37 Å². The lowest BCUT2D eigenvalue weighted by atomic mass is 10.0. The van der Waals surface area contributed by atoms with Crippen molar-refractivity contribution in [2.75, 3.05) is 18.0 Å². The summed E-state index contributed by atoms with van der Waals surface area (Å²) in [4.78, 5) is 12.1. The summed E-state index contributed by atoms with van der Waals surface area (Å²) in [6, 6.07) is 6.38. The molecule has 1 aliphatic rings. The van der Waals surface area contributed by atoms with Crippen LogP contribution in [0.3, 0.4) is 0 Å². The molecule has 1 aliphatic heterocycles. The number of fused-ring (bicyclic) bond motifs is 1. The fraction of sp³-hybridized carbons (Fsp3) is 0.286. The van der Waals surface area contributed by atoms with E-state index in [-0.39, 0.29) is 23.0 Å². The maximum absolute atomic E-state index is 12.8. The van der Waals surface area contributed by atoms with E-state index in [0.717, 1.165) is 11.5 Å². The van der Waals surface area contributed by atoms with Crippen molar-refractivity contribution in [1.82, 2.24) is 4.37 Å². The van der Waals surface area contributed by atoms with Crippen LogP contribution in [0.15, 0.2) is 28.5 Å². The average molecular weight is 338 g/mol. The van der Waals surface area contributed by atoms with Gasteiger partial charge >= 0.3 is 0 Å². The van der Waals surface area contributed by atoms with Crippen LogP contribution in [0.1, 0.15) is 22.5 Å². The predicted octanol–water partition coefficient (Wildman–Crippen LogP) is 2.24. The van der Waals surface area contributed by atoms with Crippen molar-refractivity contribution in [3.05, 3.63) is 35.5 Å². The SMILES string of the molecule is COc1ccc2c(c1)C(=O)CCN2S(=O)(=O)c1cc(C)ns1. The number of Topliss-reactive ketones (excluding diaryl/α,β-unsaturated/α-hetero) is 1. The van der Waals surface area contributed by atoms with Gasteiger partial charge in [0.05, 0.1) is 18.5 Å². The molecule has 0 saturated carbocycles. The number of nitrogens with zero attached hydrogens (tertiary/aromatic N) is 2. The molecule has 2 heterocycles. The van der Waals surface area contributed by atoms with Gasteiger partial charge in [-0.25, -0.2) is 8.42 Å². The molecule has 1 aromatic carbocycles. The summed E-state index contributed by atoms with van der Waals surface area (Å²) in [5, 5.41) is 0. The first kappa shape index (κ1) is 15.0. The fourth-order valence-electron chi connectivity index (χ4n) is 2.36. The van der Waals surface area contributed by atoms with Gasteiger partial charge < -0.3 is 4.74 Å². The number of anilines is 1. The van der Waals surface area contributed by atoms with Crippen LogP contribution in [0.4, 0.5) is 5.69 Å². The summed E-state index contributed by atoms with van der Waals surface area (Å²) >= 11 is 0.944. The van der Waals surface area contributed by atoms with Crippen molar-refractivity contribution in [2.24, 2.45) is 0 Å². The van der Waals surface area contributed by atoms with Crippen LogP contribution in [0.5, 0.6) is 5.75 Å². The first-order valence-corrected chi connectivity index (χ1v) is 8.82. The third-order valence-electron chi connectivity index (χ3n) is 3.47. The summed E-state index contributed by atoms with van der Waals surface area (Å²) in [6.45, 7) is 1.88. The largest absolute Gasteiger partial charge is 0.497 e. The summed E-state index contributed by atoms with van der Waals surface area (Å²) in [6.07, 6.45) is 0.150. The molecule has 0 saturated heterocycles. The van der Waals surface area contributed by atoms with Gasteiger partial charge in [-0.05, 0) is 42.7 Å². The molecular weight excluding hydrogens is 324 g/mol. The molecule has 1 aromatic heterocycles. The van der Waals surface area contributed by atoms with E-state index in [9.17, 15) is 13.2 Å². The van der Waals surface area contributed by atoms with Crippen LogP contribution in [0.2, 0.25) is 0 Å². The molecule has 0 spiro atoms. The Hall–Kier alpha value is -1.93. The molecule has 0 fully saturated rings. The molecule has 0 unspecified atom stereocenters. The van der Waals surface area contributed by atoms with Gasteiger partial charge in [0, 0.05) is 18.5 Å². The number of ether oxygens (including phenoxy) is 1. The molecule has 0 N–H and O–H groups in total. The van der Waals surface area contributed by atoms with Crippen molar-refractivity contribution in [3.63, 3.8) is 0 Å². The average Bonchev–Trinajstić information content (AvgIpc) is 2.94. The van der Waals surface area contributed by atoms with Gasteiger partial charge in [-0.1, -0.05) is 0 Å². The van der Waals surface area contributed by atoms with Crippen LogP contribution in [-0.4, -0.2) is 32.2 Å². The second kappa shape index (κ2) is 5.36. The zero-order chi connectivity index (χ0) is 15.9. The van der Waals surface area contributed by atoms with E-state index in [4.69, 9.17) is 4.74 Å². The first-order valence-electron chi connectivity index (χ1n) is 6.61. The normalized spacial score (nSPS) is 14.8. The van der Waals surface area contributed by atoms with Crippen LogP contribution in [0, 0.1) is 6.92 Å². The Kier molecular flexibility index (Phi) is 3.65. The number of benzene rings is 1. The van der Waals surface area contributed by atoms with Crippen molar-refractivity contribution in [2.45, 2.75) is 17.6 Å². The quantitative estimate of drug-likeness (QED) is 0.858. The minimum atomic E-state index is -3.70. The van der Waals surface area contributed by atoms with Crippen LogP contribution in [0.25, 0.3) is 0 Å². The van der Waals surface area contributed by atoms with Crippen molar-refractivity contribution in [3.8, 4) is 5.75 Å². The Labute approximate surface area is 132 Å². The van der Waals surface area contributed by atoms with Gasteiger partial charge in [0.2, 0.25) is 0 Å². The number of rotatable bonds is 3. The molecule has 6 nitrogen and oxygen atoms in total. The Morgan fingerprint density at radius 3 is 2.73 bits per heavy atom. The molecule has 22 heavy (non-hydrogen) atoms. The minimum absolute atomic E-state index is 0.0826. The van der Waals surface area contributed by atoms with Gasteiger partial charge in [0.15, 0.2) is 9.99 Å². The highest BCUT2D eigenvalue weighted by atomic mass is 32.2. The topological polar surface area (TPSA) is 76.6 Å². The second-order valence-corrected chi connectivity index (χ2v) is 7.81. The number of carbonyl (C=O) groups is 1. The van der Waals surface area contributed by atoms with Gasteiger partial charge in [-0.3, -0.25) is 9.10 Å². The number of methoxy groups -OCH3 is 1. The highest BCUT2D eigenvalue weighted by Gasteiger charge is 2.33. The third-order valence-corrected chi connectivity index (χ3v) is 6.58. The Bertz CT molecular complexity index is 842. The summed E-state index contributed by atoms with van der Waals surface area (Å²) in [5.41, 5.74) is 1.42. The van der Waals surface area contributed by atoms with Crippen LogP contribution in [-0.2, 0) is 10.0 Å². The van der Waals surface area contributed by atoms with Crippen LogP contribution < -0.4 is 9.04 Å². The summed E-state index contributed by atoms with van der Waals surface area (Å²) < 4.78 is 36.1. The number of aromatic nitrogens is 1. The van der Waals surface area contributed by atoms with E-state index in [0.29, 0.717) is 22.7 Å².